The molecule has 1 aliphatic rings. The molecule has 0 aromatic heterocycles. The molecule has 1 amide bonds. The molecule has 0 aliphatic carbocycles. The zero-order valence-electron chi connectivity index (χ0n) is 15.2. The maximum atomic E-state index is 13.4. The van der Waals surface area contributed by atoms with Gasteiger partial charge in [-0.3, -0.25) is 4.79 Å². The lowest BCUT2D eigenvalue weighted by atomic mass is 10.0. The summed E-state index contributed by atoms with van der Waals surface area (Å²) in [5.74, 6) is -0.527. The van der Waals surface area contributed by atoms with Crippen molar-refractivity contribution in [1.29, 1.82) is 0 Å². The van der Waals surface area contributed by atoms with Crippen molar-refractivity contribution >= 4 is 15.9 Å². The first kappa shape index (κ1) is 19.5. The molecule has 27 heavy (non-hydrogen) atoms. The normalized spacial score (nSPS) is 17.8. The number of halogens is 1. The highest BCUT2D eigenvalue weighted by Crippen LogP contribution is 2.27. The predicted molar refractivity (Wildman–Crippen MR) is 101 cm³/mol. The summed E-state index contributed by atoms with van der Waals surface area (Å²) in [5.41, 5.74) is 1.32. The van der Waals surface area contributed by atoms with Gasteiger partial charge in [-0.2, -0.15) is 4.31 Å². The molecule has 7 heteroatoms. The number of rotatable bonds is 6. The van der Waals surface area contributed by atoms with Crippen LogP contribution in [0.25, 0.3) is 0 Å². The van der Waals surface area contributed by atoms with Crippen LogP contribution in [0.1, 0.15) is 24.0 Å². The first-order valence-corrected chi connectivity index (χ1v) is 10.4. The fourth-order valence-corrected chi connectivity index (χ4v) is 4.86. The summed E-state index contributed by atoms with van der Waals surface area (Å²) in [6.45, 7) is 2.67. The molecule has 2 aromatic rings. The Labute approximate surface area is 159 Å². The summed E-state index contributed by atoms with van der Waals surface area (Å²) in [7, 11) is -3.67. The number of aryl methyl sites for hydroxylation is 1. The van der Waals surface area contributed by atoms with Gasteiger partial charge in [-0.1, -0.05) is 30.3 Å². The Morgan fingerprint density at radius 2 is 1.96 bits per heavy atom. The molecule has 3 rings (SSSR count). The quantitative estimate of drug-likeness (QED) is 0.825. The van der Waals surface area contributed by atoms with Crippen LogP contribution < -0.4 is 5.32 Å². The minimum absolute atomic E-state index is 0.0166. The van der Waals surface area contributed by atoms with E-state index in [1.54, 1.807) is 0 Å². The molecular formula is C20H23FN2O3S. The van der Waals surface area contributed by atoms with Crippen LogP contribution in [-0.2, 0) is 21.4 Å². The molecule has 1 heterocycles. The molecule has 1 aliphatic heterocycles. The van der Waals surface area contributed by atoms with E-state index in [2.05, 4.69) is 5.32 Å². The van der Waals surface area contributed by atoms with E-state index in [0.29, 0.717) is 38.0 Å². The highest BCUT2D eigenvalue weighted by molar-refractivity contribution is 7.89. The smallest absolute Gasteiger partial charge is 0.243 e. The van der Waals surface area contributed by atoms with Crippen molar-refractivity contribution in [3.8, 4) is 0 Å². The number of amides is 1. The average Bonchev–Trinajstić information content (AvgIpc) is 3.12. The summed E-state index contributed by atoms with van der Waals surface area (Å²) in [6, 6.07) is 13.4. The van der Waals surface area contributed by atoms with Crippen molar-refractivity contribution in [2.24, 2.45) is 5.92 Å². The van der Waals surface area contributed by atoms with Gasteiger partial charge >= 0.3 is 0 Å². The minimum atomic E-state index is -3.67. The summed E-state index contributed by atoms with van der Waals surface area (Å²) < 4.78 is 40.3. The van der Waals surface area contributed by atoms with Gasteiger partial charge < -0.3 is 5.32 Å². The van der Waals surface area contributed by atoms with E-state index in [0.717, 1.165) is 5.56 Å². The number of nitrogens with zero attached hydrogens (tertiary/aromatic N) is 1. The zero-order chi connectivity index (χ0) is 19.4. The van der Waals surface area contributed by atoms with E-state index in [1.807, 2.05) is 30.3 Å². The number of sulfonamides is 1. The molecule has 1 fully saturated rings. The van der Waals surface area contributed by atoms with Crippen molar-refractivity contribution < 1.29 is 17.6 Å². The summed E-state index contributed by atoms with van der Waals surface area (Å²) >= 11 is 0. The second-order valence-electron chi connectivity index (χ2n) is 6.90. The average molecular weight is 390 g/mol. The van der Waals surface area contributed by atoms with Crippen molar-refractivity contribution in [3.63, 3.8) is 0 Å². The largest absolute Gasteiger partial charge is 0.352 e. The van der Waals surface area contributed by atoms with Crippen LogP contribution in [0.5, 0.6) is 0 Å². The maximum Gasteiger partial charge on any atom is 0.243 e. The number of nitrogens with one attached hydrogen (secondary N) is 1. The van der Waals surface area contributed by atoms with Crippen LogP contribution in [0, 0.1) is 18.7 Å². The van der Waals surface area contributed by atoms with E-state index in [1.165, 1.54) is 29.4 Å². The van der Waals surface area contributed by atoms with Gasteiger partial charge in [0.15, 0.2) is 0 Å². The second-order valence-corrected chi connectivity index (χ2v) is 8.83. The topological polar surface area (TPSA) is 66.5 Å². The standard InChI is InChI=1S/C20H23FN2O3S/c1-15-11-18(7-8-19(15)21)27(25,26)23-10-9-17(14-23)12-20(24)22-13-16-5-3-2-4-6-16/h2-8,11,17H,9-10,12-14H2,1H3,(H,22,24). The Morgan fingerprint density at radius 1 is 1.22 bits per heavy atom. The molecule has 1 N–H and O–H groups in total. The molecule has 1 unspecified atom stereocenters. The van der Waals surface area contributed by atoms with Gasteiger partial charge in [-0.05, 0) is 48.6 Å². The van der Waals surface area contributed by atoms with Gasteiger partial charge in [0.05, 0.1) is 4.90 Å². The Balaban J connectivity index is 1.56. The number of carbonyl (C=O) groups is 1. The maximum absolute atomic E-state index is 13.4. The second kappa shape index (κ2) is 8.19. The van der Waals surface area contributed by atoms with Crippen LogP contribution in [0.4, 0.5) is 4.39 Å². The van der Waals surface area contributed by atoms with Crippen LogP contribution in [0.15, 0.2) is 53.4 Å². The first-order chi connectivity index (χ1) is 12.9. The predicted octanol–water partition coefficient (Wildman–Crippen LogP) is 2.85. The van der Waals surface area contributed by atoms with Crippen LogP contribution in [0.2, 0.25) is 0 Å². The molecule has 2 aromatic carbocycles. The Kier molecular flexibility index (Phi) is 5.92. The lowest BCUT2D eigenvalue weighted by Gasteiger charge is -2.17. The van der Waals surface area contributed by atoms with Crippen molar-refractivity contribution in [1.82, 2.24) is 9.62 Å². The van der Waals surface area contributed by atoms with E-state index < -0.39 is 15.8 Å². The van der Waals surface area contributed by atoms with Crippen molar-refractivity contribution in [2.45, 2.75) is 31.2 Å². The van der Waals surface area contributed by atoms with E-state index in [4.69, 9.17) is 0 Å². The SMILES string of the molecule is Cc1cc(S(=O)(=O)N2CCC(CC(=O)NCc3ccccc3)C2)ccc1F. The van der Waals surface area contributed by atoms with E-state index >= 15 is 0 Å². The number of carbonyl (C=O) groups excluding carboxylic acids is 1. The van der Waals surface area contributed by atoms with Gasteiger partial charge in [0.2, 0.25) is 15.9 Å². The van der Waals surface area contributed by atoms with Gasteiger partial charge in [0, 0.05) is 26.1 Å². The molecule has 1 atom stereocenters. The summed E-state index contributed by atoms with van der Waals surface area (Å²) in [4.78, 5) is 12.3. The van der Waals surface area contributed by atoms with Gasteiger partial charge in [0.25, 0.3) is 0 Å². The molecule has 144 valence electrons. The molecule has 0 saturated carbocycles. The van der Waals surface area contributed by atoms with Crippen LogP contribution in [-0.4, -0.2) is 31.7 Å². The highest BCUT2D eigenvalue weighted by Gasteiger charge is 2.33. The molecular weight excluding hydrogens is 367 g/mol. The molecule has 1 saturated heterocycles. The fourth-order valence-electron chi connectivity index (χ4n) is 3.24. The molecule has 0 spiro atoms. The monoisotopic (exact) mass is 390 g/mol. The lowest BCUT2D eigenvalue weighted by Crippen LogP contribution is -2.30. The molecule has 0 radical (unpaired) electrons. The van der Waals surface area contributed by atoms with Crippen LogP contribution >= 0.6 is 0 Å². The van der Waals surface area contributed by atoms with Gasteiger partial charge in [-0.25, -0.2) is 12.8 Å². The third-order valence-electron chi connectivity index (χ3n) is 4.82. The van der Waals surface area contributed by atoms with E-state index in [9.17, 15) is 17.6 Å². The third kappa shape index (κ3) is 4.73. The zero-order valence-corrected chi connectivity index (χ0v) is 16.0. The minimum Gasteiger partial charge on any atom is -0.352 e. The molecule has 5 nitrogen and oxygen atoms in total. The fraction of sp³-hybridized carbons (Fsp3) is 0.350. The Hall–Kier alpha value is -2.25. The lowest BCUT2D eigenvalue weighted by molar-refractivity contribution is -0.122. The highest BCUT2D eigenvalue weighted by atomic mass is 32.2. The number of benzene rings is 2. The van der Waals surface area contributed by atoms with E-state index in [-0.39, 0.29) is 16.7 Å². The Bertz CT molecular complexity index is 916. The summed E-state index contributed by atoms with van der Waals surface area (Å²) in [6.07, 6.45) is 0.930. The van der Waals surface area contributed by atoms with Gasteiger partial charge in [-0.15, -0.1) is 0 Å². The summed E-state index contributed by atoms with van der Waals surface area (Å²) in [5, 5.41) is 2.88. The first-order valence-electron chi connectivity index (χ1n) is 8.93. The van der Waals surface area contributed by atoms with Gasteiger partial charge in [0.1, 0.15) is 5.82 Å². The Morgan fingerprint density at radius 3 is 2.67 bits per heavy atom. The van der Waals surface area contributed by atoms with Crippen molar-refractivity contribution in [2.75, 3.05) is 13.1 Å². The number of hydrogen-bond donors (Lipinski definition) is 1. The van der Waals surface area contributed by atoms with Crippen molar-refractivity contribution in [3.05, 3.63) is 65.5 Å². The third-order valence-corrected chi connectivity index (χ3v) is 6.68. The number of hydrogen-bond acceptors (Lipinski definition) is 3. The molecule has 0 bridgehead atoms. The van der Waals surface area contributed by atoms with Crippen LogP contribution in [0.3, 0.4) is 0 Å².